The number of nitrogens with zero attached hydrogens (tertiary/aromatic N) is 1. The molecule has 1 N–H and O–H groups in total. The average molecular weight is 431 g/mol. The van der Waals surface area contributed by atoms with Gasteiger partial charge in [-0.25, -0.2) is 0 Å². The van der Waals surface area contributed by atoms with Crippen LogP contribution in [0.3, 0.4) is 0 Å². The number of carbonyl (C=O) groups is 1. The second-order valence-electron chi connectivity index (χ2n) is 5.43. The summed E-state index contributed by atoms with van der Waals surface area (Å²) >= 11 is 3.39. The van der Waals surface area contributed by atoms with Gasteiger partial charge in [-0.2, -0.15) is 5.26 Å². The molecule has 2 rings (SSSR count). The predicted octanol–water partition coefficient (Wildman–Crippen LogP) is 3.70. The van der Waals surface area contributed by atoms with Gasteiger partial charge in [0.05, 0.1) is 25.8 Å². The van der Waals surface area contributed by atoms with Crippen LogP contribution in [0.1, 0.15) is 11.1 Å². The number of ether oxygens (including phenoxy) is 3. The maximum Gasteiger partial charge on any atom is 0.262 e. The summed E-state index contributed by atoms with van der Waals surface area (Å²) in [6.07, 6.45) is 1.48. The highest BCUT2D eigenvalue weighted by atomic mass is 79.9. The van der Waals surface area contributed by atoms with Crippen molar-refractivity contribution in [1.82, 2.24) is 5.32 Å². The van der Waals surface area contributed by atoms with E-state index in [1.807, 2.05) is 30.3 Å². The van der Waals surface area contributed by atoms with Crippen molar-refractivity contribution in [2.24, 2.45) is 0 Å². The first-order valence-corrected chi connectivity index (χ1v) is 8.76. The van der Waals surface area contributed by atoms with Crippen LogP contribution in [0.25, 0.3) is 6.08 Å². The number of benzene rings is 2. The quantitative estimate of drug-likeness (QED) is 0.534. The van der Waals surface area contributed by atoms with Crippen molar-refractivity contribution in [1.29, 1.82) is 5.26 Å². The summed E-state index contributed by atoms with van der Waals surface area (Å²) in [5.74, 6) is 1.35. The minimum Gasteiger partial charge on any atom is -0.497 e. The monoisotopic (exact) mass is 430 g/mol. The number of carbonyl (C=O) groups excluding carboxylic acids is 1. The topological polar surface area (TPSA) is 80.6 Å². The summed E-state index contributed by atoms with van der Waals surface area (Å²) in [5, 5.41) is 12.1. The summed E-state index contributed by atoms with van der Waals surface area (Å²) in [6, 6.07) is 12.6. The van der Waals surface area contributed by atoms with E-state index < -0.39 is 5.91 Å². The molecule has 0 aliphatic carbocycles. The van der Waals surface area contributed by atoms with Gasteiger partial charge in [0.15, 0.2) is 0 Å². The Morgan fingerprint density at radius 1 is 1.11 bits per heavy atom. The van der Waals surface area contributed by atoms with Crippen molar-refractivity contribution in [3.8, 4) is 23.3 Å². The molecule has 2 aromatic carbocycles. The van der Waals surface area contributed by atoms with Gasteiger partial charge in [0.2, 0.25) is 0 Å². The van der Waals surface area contributed by atoms with Gasteiger partial charge in [0, 0.05) is 18.2 Å². The first-order valence-electron chi connectivity index (χ1n) is 7.96. The van der Waals surface area contributed by atoms with Crippen LogP contribution in [0.2, 0.25) is 0 Å². The largest absolute Gasteiger partial charge is 0.497 e. The fourth-order valence-corrected chi connectivity index (χ4v) is 2.84. The Kier molecular flexibility index (Phi) is 7.26. The Morgan fingerprint density at radius 3 is 2.33 bits per heavy atom. The van der Waals surface area contributed by atoms with Crippen LogP contribution in [0.15, 0.2) is 46.4 Å². The van der Waals surface area contributed by atoms with Crippen LogP contribution in [0, 0.1) is 11.3 Å². The molecule has 0 aliphatic heterocycles. The third-order valence-corrected chi connectivity index (χ3v) is 4.40. The predicted molar refractivity (Wildman–Crippen MR) is 106 cm³/mol. The molecular weight excluding hydrogens is 412 g/mol. The molecular formula is C20H19BrN2O4. The summed E-state index contributed by atoms with van der Waals surface area (Å²) in [6.45, 7) is 0.297. The minimum atomic E-state index is -0.470. The standard InChI is InChI=1S/C20H19BrN2O4/c1-25-16-6-4-13(5-7-16)12-23-20(24)15(11-22)8-14-9-17(21)19(27-3)10-18(14)26-2/h4-10H,12H2,1-3H3,(H,23,24)/b15-8-. The highest BCUT2D eigenvalue weighted by Gasteiger charge is 2.13. The lowest BCUT2D eigenvalue weighted by Gasteiger charge is -2.10. The Bertz CT molecular complexity index is 886. The molecule has 2 aromatic rings. The van der Waals surface area contributed by atoms with E-state index >= 15 is 0 Å². The zero-order chi connectivity index (χ0) is 19.8. The van der Waals surface area contributed by atoms with Crippen LogP contribution in [0.5, 0.6) is 17.2 Å². The molecule has 1 amide bonds. The number of methoxy groups -OCH3 is 3. The van der Waals surface area contributed by atoms with Gasteiger partial charge < -0.3 is 19.5 Å². The molecule has 0 bridgehead atoms. The average Bonchev–Trinajstić information content (AvgIpc) is 2.70. The van der Waals surface area contributed by atoms with Gasteiger partial charge in [-0.15, -0.1) is 0 Å². The van der Waals surface area contributed by atoms with Gasteiger partial charge in [-0.3, -0.25) is 4.79 Å². The SMILES string of the molecule is COc1ccc(CNC(=O)/C(C#N)=C\c2cc(Br)c(OC)cc2OC)cc1. The van der Waals surface area contributed by atoms with Crippen LogP contribution < -0.4 is 19.5 Å². The highest BCUT2D eigenvalue weighted by Crippen LogP contribution is 2.34. The lowest BCUT2D eigenvalue weighted by atomic mass is 10.1. The molecule has 0 saturated carbocycles. The van der Waals surface area contributed by atoms with E-state index in [1.54, 1.807) is 26.4 Å². The zero-order valence-electron chi connectivity index (χ0n) is 15.2. The summed E-state index contributed by atoms with van der Waals surface area (Å²) < 4.78 is 16.3. The Labute approximate surface area is 166 Å². The Balaban J connectivity index is 2.18. The maximum absolute atomic E-state index is 12.4. The number of nitriles is 1. The number of nitrogens with one attached hydrogen (secondary N) is 1. The van der Waals surface area contributed by atoms with Crippen LogP contribution in [0.4, 0.5) is 0 Å². The highest BCUT2D eigenvalue weighted by molar-refractivity contribution is 9.10. The van der Waals surface area contributed by atoms with E-state index in [0.717, 1.165) is 11.3 Å². The molecule has 27 heavy (non-hydrogen) atoms. The molecule has 140 valence electrons. The van der Waals surface area contributed by atoms with Crippen LogP contribution in [-0.4, -0.2) is 27.2 Å². The summed E-state index contributed by atoms with van der Waals surface area (Å²) in [5.41, 5.74) is 1.45. The molecule has 0 unspecified atom stereocenters. The molecule has 0 saturated heterocycles. The van der Waals surface area contributed by atoms with Crippen molar-refractivity contribution in [2.75, 3.05) is 21.3 Å². The number of rotatable bonds is 7. The number of halogens is 1. The lowest BCUT2D eigenvalue weighted by Crippen LogP contribution is -2.23. The van der Waals surface area contributed by atoms with Crippen LogP contribution in [-0.2, 0) is 11.3 Å². The molecule has 0 fully saturated rings. The van der Waals surface area contributed by atoms with Gasteiger partial charge in [0.1, 0.15) is 28.9 Å². The fourth-order valence-electron chi connectivity index (χ4n) is 2.32. The van der Waals surface area contributed by atoms with Crippen molar-refractivity contribution in [2.45, 2.75) is 6.54 Å². The van der Waals surface area contributed by atoms with Gasteiger partial charge in [0.25, 0.3) is 5.91 Å². The molecule has 0 spiro atoms. The first kappa shape index (κ1) is 20.3. The third-order valence-electron chi connectivity index (χ3n) is 3.78. The molecule has 0 aromatic heterocycles. The van der Waals surface area contributed by atoms with Crippen molar-refractivity contribution >= 4 is 27.9 Å². The van der Waals surface area contributed by atoms with E-state index in [-0.39, 0.29) is 5.57 Å². The second kappa shape index (κ2) is 9.64. The van der Waals surface area contributed by atoms with Gasteiger partial charge >= 0.3 is 0 Å². The van der Waals surface area contributed by atoms with E-state index in [2.05, 4.69) is 21.2 Å². The number of hydrogen-bond acceptors (Lipinski definition) is 5. The van der Waals surface area contributed by atoms with E-state index in [1.165, 1.54) is 13.2 Å². The van der Waals surface area contributed by atoms with E-state index in [4.69, 9.17) is 14.2 Å². The lowest BCUT2D eigenvalue weighted by molar-refractivity contribution is -0.117. The number of hydrogen-bond donors (Lipinski definition) is 1. The third kappa shape index (κ3) is 5.25. The second-order valence-corrected chi connectivity index (χ2v) is 6.28. The van der Waals surface area contributed by atoms with Gasteiger partial charge in [-0.05, 0) is 45.8 Å². The van der Waals surface area contributed by atoms with E-state index in [9.17, 15) is 10.1 Å². The minimum absolute atomic E-state index is 0.0288. The normalized spacial score (nSPS) is 10.7. The Morgan fingerprint density at radius 2 is 1.78 bits per heavy atom. The molecule has 0 radical (unpaired) electrons. The molecule has 0 heterocycles. The van der Waals surface area contributed by atoms with Crippen molar-refractivity contribution in [3.63, 3.8) is 0 Å². The maximum atomic E-state index is 12.4. The molecule has 0 atom stereocenters. The fraction of sp³-hybridized carbons (Fsp3) is 0.200. The number of amides is 1. The zero-order valence-corrected chi connectivity index (χ0v) is 16.8. The summed E-state index contributed by atoms with van der Waals surface area (Å²) in [7, 11) is 4.64. The summed E-state index contributed by atoms with van der Waals surface area (Å²) in [4.78, 5) is 12.4. The van der Waals surface area contributed by atoms with E-state index in [0.29, 0.717) is 28.1 Å². The smallest absolute Gasteiger partial charge is 0.262 e. The van der Waals surface area contributed by atoms with Gasteiger partial charge in [-0.1, -0.05) is 12.1 Å². The first-order chi connectivity index (χ1) is 13.0. The van der Waals surface area contributed by atoms with Crippen LogP contribution >= 0.6 is 15.9 Å². The molecule has 6 nitrogen and oxygen atoms in total. The molecule has 0 aliphatic rings. The molecule has 7 heteroatoms. The Hall–Kier alpha value is -2.98. The van der Waals surface area contributed by atoms with Crippen molar-refractivity contribution in [3.05, 3.63) is 57.6 Å². The van der Waals surface area contributed by atoms with Crippen molar-refractivity contribution < 1.29 is 19.0 Å².